The zero-order valence-corrected chi connectivity index (χ0v) is 7.02. The van der Waals surface area contributed by atoms with Gasteiger partial charge in [0.1, 0.15) is 0 Å². The SMILES string of the molecule is O=S1(=O)C=CC2(CCCC2)N1. The fourth-order valence-corrected chi connectivity index (χ4v) is 3.19. The highest BCUT2D eigenvalue weighted by Crippen LogP contribution is 2.34. The standard InChI is InChI=1S/C7H11NO2S/c9-11(10)6-5-7(8-11)3-1-2-4-7/h5-6,8H,1-4H2. The highest BCUT2D eigenvalue weighted by atomic mass is 32.2. The molecule has 1 aliphatic heterocycles. The number of nitrogens with one attached hydrogen (secondary N) is 1. The molecule has 1 fully saturated rings. The molecule has 0 amide bonds. The van der Waals surface area contributed by atoms with Crippen LogP contribution in [0, 0.1) is 0 Å². The lowest BCUT2D eigenvalue weighted by Gasteiger charge is -2.19. The minimum Gasteiger partial charge on any atom is -0.208 e. The third-order valence-electron chi connectivity index (χ3n) is 2.41. The first kappa shape index (κ1) is 7.31. The van der Waals surface area contributed by atoms with E-state index in [1.54, 1.807) is 6.08 Å². The van der Waals surface area contributed by atoms with E-state index in [1.807, 2.05) is 0 Å². The molecule has 3 nitrogen and oxygen atoms in total. The van der Waals surface area contributed by atoms with Crippen molar-refractivity contribution in [3.63, 3.8) is 0 Å². The first-order valence-corrected chi connectivity index (χ1v) is 5.40. The Balaban J connectivity index is 2.28. The molecule has 1 aliphatic carbocycles. The topological polar surface area (TPSA) is 46.2 Å². The summed E-state index contributed by atoms with van der Waals surface area (Å²) in [6.45, 7) is 0. The van der Waals surface area contributed by atoms with Crippen LogP contribution in [0.3, 0.4) is 0 Å². The maximum atomic E-state index is 11.0. The third-order valence-corrected chi connectivity index (χ3v) is 3.59. The van der Waals surface area contributed by atoms with Gasteiger partial charge in [-0.15, -0.1) is 0 Å². The minimum absolute atomic E-state index is 0.196. The van der Waals surface area contributed by atoms with E-state index in [9.17, 15) is 8.42 Å². The Morgan fingerprint density at radius 2 is 1.91 bits per heavy atom. The fourth-order valence-electron chi connectivity index (χ4n) is 1.85. The Kier molecular flexibility index (Phi) is 1.38. The summed E-state index contributed by atoms with van der Waals surface area (Å²) in [5.41, 5.74) is -0.196. The average molecular weight is 173 g/mol. The van der Waals surface area contributed by atoms with E-state index >= 15 is 0 Å². The van der Waals surface area contributed by atoms with E-state index in [2.05, 4.69) is 4.72 Å². The first-order valence-electron chi connectivity index (χ1n) is 3.85. The third kappa shape index (κ3) is 1.20. The van der Waals surface area contributed by atoms with E-state index in [4.69, 9.17) is 0 Å². The van der Waals surface area contributed by atoms with Crippen LogP contribution in [0.4, 0.5) is 0 Å². The molecule has 4 heteroatoms. The van der Waals surface area contributed by atoms with Gasteiger partial charge in [-0.2, -0.15) is 0 Å². The van der Waals surface area contributed by atoms with Crippen LogP contribution in [0.5, 0.6) is 0 Å². The molecule has 2 aliphatic rings. The molecule has 0 unspecified atom stereocenters. The smallest absolute Gasteiger partial charge is 0.208 e. The predicted molar refractivity (Wildman–Crippen MR) is 42.4 cm³/mol. The van der Waals surface area contributed by atoms with Crippen LogP contribution in [-0.4, -0.2) is 14.0 Å². The van der Waals surface area contributed by atoms with Crippen LogP contribution in [0.15, 0.2) is 11.5 Å². The van der Waals surface area contributed by atoms with Gasteiger partial charge in [0, 0.05) is 5.41 Å². The number of rotatable bonds is 0. The molecular formula is C7H11NO2S. The van der Waals surface area contributed by atoms with Gasteiger partial charge in [0.2, 0.25) is 10.0 Å². The number of hydrogen-bond acceptors (Lipinski definition) is 2. The molecule has 2 rings (SSSR count). The second-order valence-electron chi connectivity index (χ2n) is 3.31. The zero-order valence-electron chi connectivity index (χ0n) is 6.21. The second kappa shape index (κ2) is 2.08. The molecule has 0 aromatic rings. The quantitative estimate of drug-likeness (QED) is 0.587. The van der Waals surface area contributed by atoms with Crippen molar-refractivity contribution >= 4 is 10.0 Å². The van der Waals surface area contributed by atoms with Crippen molar-refractivity contribution in [2.75, 3.05) is 0 Å². The molecule has 0 atom stereocenters. The Morgan fingerprint density at radius 1 is 1.27 bits per heavy atom. The van der Waals surface area contributed by atoms with Gasteiger partial charge in [-0.25, -0.2) is 13.1 Å². The molecule has 0 aromatic carbocycles. The van der Waals surface area contributed by atoms with Crippen molar-refractivity contribution in [3.05, 3.63) is 11.5 Å². The average Bonchev–Trinajstić information content (AvgIpc) is 2.43. The van der Waals surface area contributed by atoms with Crippen molar-refractivity contribution in [2.24, 2.45) is 0 Å². The molecule has 1 N–H and O–H groups in total. The largest absolute Gasteiger partial charge is 0.234 e. The van der Waals surface area contributed by atoms with Gasteiger partial charge < -0.3 is 0 Å². The van der Waals surface area contributed by atoms with Crippen molar-refractivity contribution in [2.45, 2.75) is 31.2 Å². The summed E-state index contributed by atoms with van der Waals surface area (Å²) < 4.78 is 24.7. The summed E-state index contributed by atoms with van der Waals surface area (Å²) in [7, 11) is -3.07. The second-order valence-corrected chi connectivity index (χ2v) is 4.88. The van der Waals surface area contributed by atoms with Crippen LogP contribution in [0.25, 0.3) is 0 Å². The van der Waals surface area contributed by atoms with Crippen LogP contribution in [0.1, 0.15) is 25.7 Å². The lowest BCUT2D eigenvalue weighted by molar-refractivity contribution is 0.492. The molecular weight excluding hydrogens is 162 g/mol. The Bertz CT molecular complexity index is 286. The van der Waals surface area contributed by atoms with Gasteiger partial charge in [-0.05, 0) is 12.8 Å². The van der Waals surface area contributed by atoms with Gasteiger partial charge in [0.05, 0.1) is 5.54 Å². The Labute approximate surface area is 66.5 Å². The van der Waals surface area contributed by atoms with Gasteiger partial charge in [0.15, 0.2) is 0 Å². The maximum absolute atomic E-state index is 11.0. The number of sulfonamides is 1. The molecule has 1 spiro atoms. The first-order chi connectivity index (χ1) is 5.12. The van der Waals surface area contributed by atoms with Crippen LogP contribution < -0.4 is 4.72 Å². The molecule has 1 heterocycles. The molecule has 0 bridgehead atoms. The predicted octanol–water partition coefficient (Wildman–Crippen LogP) is 0.746. The Morgan fingerprint density at radius 3 is 2.36 bits per heavy atom. The van der Waals surface area contributed by atoms with Gasteiger partial charge in [-0.1, -0.05) is 18.9 Å². The van der Waals surface area contributed by atoms with Gasteiger partial charge in [0.25, 0.3) is 0 Å². The lowest BCUT2D eigenvalue weighted by Crippen LogP contribution is -2.38. The maximum Gasteiger partial charge on any atom is 0.234 e. The van der Waals surface area contributed by atoms with E-state index in [1.165, 1.54) is 5.41 Å². The van der Waals surface area contributed by atoms with E-state index in [0.29, 0.717) is 0 Å². The highest BCUT2D eigenvalue weighted by Gasteiger charge is 2.38. The van der Waals surface area contributed by atoms with Crippen molar-refractivity contribution in [1.82, 2.24) is 4.72 Å². The molecule has 0 aromatic heterocycles. The van der Waals surface area contributed by atoms with Gasteiger partial charge >= 0.3 is 0 Å². The summed E-state index contributed by atoms with van der Waals surface area (Å²) >= 11 is 0. The monoisotopic (exact) mass is 173 g/mol. The highest BCUT2D eigenvalue weighted by molar-refractivity contribution is 7.92. The minimum atomic E-state index is -3.07. The van der Waals surface area contributed by atoms with Crippen LogP contribution in [-0.2, 0) is 10.0 Å². The van der Waals surface area contributed by atoms with Crippen molar-refractivity contribution < 1.29 is 8.42 Å². The summed E-state index contributed by atoms with van der Waals surface area (Å²) in [6, 6.07) is 0. The molecule has 0 radical (unpaired) electrons. The van der Waals surface area contributed by atoms with E-state index < -0.39 is 10.0 Å². The lowest BCUT2D eigenvalue weighted by atomic mass is 10.0. The zero-order chi connectivity index (χ0) is 7.95. The molecule has 1 saturated carbocycles. The van der Waals surface area contributed by atoms with E-state index in [-0.39, 0.29) is 5.54 Å². The van der Waals surface area contributed by atoms with E-state index in [0.717, 1.165) is 25.7 Å². The summed E-state index contributed by atoms with van der Waals surface area (Å²) in [5, 5.41) is 1.29. The molecule has 62 valence electrons. The molecule has 11 heavy (non-hydrogen) atoms. The molecule has 0 saturated heterocycles. The normalized spacial score (nSPS) is 31.6. The Hall–Kier alpha value is -0.350. The van der Waals surface area contributed by atoms with Crippen LogP contribution in [0.2, 0.25) is 0 Å². The summed E-state index contributed by atoms with van der Waals surface area (Å²) in [5.74, 6) is 0. The summed E-state index contributed by atoms with van der Waals surface area (Å²) in [4.78, 5) is 0. The number of hydrogen-bond donors (Lipinski definition) is 1. The van der Waals surface area contributed by atoms with Crippen LogP contribution >= 0.6 is 0 Å². The summed E-state index contributed by atoms with van der Waals surface area (Å²) in [6.07, 6.45) is 5.99. The fraction of sp³-hybridized carbons (Fsp3) is 0.714. The van der Waals surface area contributed by atoms with Gasteiger partial charge in [-0.3, -0.25) is 0 Å². The van der Waals surface area contributed by atoms with Crippen molar-refractivity contribution in [1.29, 1.82) is 0 Å². The van der Waals surface area contributed by atoms with Crippen molar-refractivity contribution in [3.8, 4) is 0 Å².